The number of hydrogen-bond donors (Lipinski definition) is 0. The monoisotopic (exact) mass is 700 g/mol. The van der Waals surface area contributed by atoms with Crippen molar-refractivity contribution in [3.05, 3.63) is 182 Å². The Labute approximate surface area is 327 Å². The van der Waals surface area contributed by atoms with Crippen LogP contribution in [0.1, 0.15) is 0 Å². The van der Waals surface area contributed by atoms with E-state index in [0.717, 1.165) is 60.7 Å². The summed E-state index contributed by atoms with van der Waals surface area (Å²) in [5.74, 6) is 0. The van der Waals surface area contributed by atoms with Crippen LogP contribution in [0.2, 0.25) is 0 Å². The molecule has 252 valence electrons. The van der Waals surface area contributed by atoms with Crippen LogP contribution in [0, 0.1) is 0 Å². The minimum atomic E-state index is 0.675. The van der Waals surface area contributed by atoms with E-state index in [1.54, 1.807) is 0 Å². The Morgan fingerprint density at radius 3 is 1.20 bits per heavy atom. The van der Waals surface area contributed by atoms with Gasteiger partial charge in [-0.1, -0.05) is 193 Å². The molecule has 0 aromatic heterocycles. The van der Waals surface area contributed by atoms with Crippen LogP contribution in [0.25, 0.3) is 120 Å². The normalized spacial score (nSPS) is 12.1. The van der Waals surface area contributed by atoms with Crippen LogP contribution in [0.4, 0.5) is 0 Å². The molecule has 4 radical (unpaired) electrons. The van der Waals surface area contributed by atoms with Crippen molar-refractivity contribution in [2.75, 3.05) is 0 Å². The van der Waals surface area contributed by atoms with Crippen molar-refractivity contribution in [1.29, 1.82) is 0 Å². The van der Waals surface area contributed by atoms with Crippen LogP contribution in [0.15, 0.2) is 182 Å². The van der Waals surface area contributed by atoms with Gasteiger partial charge in [-0.2, -0.15) is 0 Å². The first kappa shape index (κ1) is 31.5. The molecule has 0 aliphatic rings. The lowest BCUT2D eigenvalue weighted by Gasteiger charge is -2.28. The minimum absolute atomic E-state index is 0.675. The Morgan fingerprint density at radius 2 is 0.625 bits per heavy atom. The fraction of sp³-hybridized carbons (Fsp3) is 0. The first-order chi connectivity index (χ1) is 27.6. The molecule has 12 rings (SSSR count). The molecule has 0 aliphatic heterocycles. The van der Waals surface area contributed by atoms with Crippen molar-refractivity contribution in [1.82, 2.24) is 0 Å². The molecule has 0 fully saturated rings. The maximum absolute atomic E-state index is 7.81. The standard InChI is InChI=1S/C54H30B2/c55-53-50(40-18-8-12-31-9-4-5-17-39(31)40)49(32-10-2-1-3-11-32)51(43-29-25-37-21-19-33-13-6-15-35-23-27-41(43)47(37)45(33)35)54(56)52(53)44-30-26-38-22-20-34-14-7-16-36-24-28-42(44)48(38)46(34)36/h1-30H. The highest BCUT2D eigenvalue weighted by Crippen LogP contribution is 2.47. The summed E-state index contributed by atoms with van der Waals surface area (Å²) < 4.78 is 0. The van der Waals surface area contributed by atoms with Crippen molar-refractivity contribution >= 4 is 102 Å². The zero-order valence-corrected chi connectivity index (χ0v) is 30.5. The predicted molar refractivity (Wildman–Crippen MR) is 244 cm³/mol. The molecule has 0 N–H and O–H groups in total. The molecule has 0 bridgehead atoms. The average Bonchev–Trinajstić information content (AvgIpc) is 3.25. The molecule has 12 aromatic carbocycles. The van der Waals surface area contributed by atoms with E-state index >= 15 is 0 Å². The van der Waals surface area contributed by atoms with Gasteiger partial charge in [0.05, 0.1) is 0 Å². The molecule has 56 heavy (non-hydrogen) atoms. The molecule has 12 aromatic rings. The van der Waals surface area contributed by atoms with E-state index in [1.807, 2.05) is 0 Å². The van der Waals surface area contributed by atoms with Gasteiger partial charge < -0.3 is 0 Å². The summed E-state index contributed by atoms with van der Waals surface area (Å²) in [5, 5.41) is 17.0. The zero-order chi connectivity index (χ0) is 37.1. The molecule has 0 amide bonds. The van der Waals surface area contributed by atoms with Crippen LogP contribution in [0.3, 0.4) is 0 Å². The van der Waals surface area contributed by atoms with Crippen LogP contribution < -0.4 is 10.9 Å². The Hall–Kier alpha value is -6.89. The molecule has 0 saturated carbocycles. The van der Waals surface area contributed by atoms with Crippen molar-refractivity contribution in [2.24, 2.45) is 0 Å². The van der Waals surface area contributed by atoms with E-state index in [-0.39, 0.29) is 0 Å². The van der Waals surface area contributed by atoms with E-state index in [0.29, 0.717) is 10.9 Å². The van der Waals surface area contributed by atoms with E-state index in [4.69, 9.17) is 15.7 Å². The summed E-state index contributed by atoms with van der Waals surface area (Å²) in [6.45, 7) is 0. The van der Waals surface area contributed by atoms with E-state index in [2.05, 4.69) is 182 Å². The molecule has 0 aliphatic carbocycles. The summed E-state index contributed by atoms with van der Waals surface area (Å²) in [4.78, 5) is 0. The molecule has 2 heteroatoms. The molecule has 0 nitrogen and oxygen atoms in total. The number of hydrogen-bond acceptors (Lipinski definition) is 0. The summed E-state index contributed by atoms with van der Waals surface area (Å²) in [5.41, 5.74) is 9.51. The smallest absolute Gasteiger partial charge is 0.0812 e. The van der Waals surface area contributed by atoms with Gasteiger partial charge in [0, 0.05) is 0 Å². The van der Waals surface area contributed by atoms with Gasteiger partial charge in [0.25, 0.3) is 0 Å². The van der Waals surface area contributed by atoms with Gasteiger partial charge in [-0.25, -0.2) is 0 Å². The maximum atomic E-state index is 7.81. The number of benzene rings is 12. The summed E-state index contributed by atoms with van der Waals surface area (Å²) in [6.07, 6.45) is 0. The van der Waals surface area contributed by atoms with Crippen LogP contribution in [-0.4, -0.2) is 15.7 Å². The van der Waals surface area contributed by atoms with Gasteiger partial charge in [0.1, 0.15) is 15.7 Å². The minimum Gasteiger partial charge on any atom is -0.0812 e. The lowest BCUT2D eigenvalue weighted by atomic mass is 9.66. The average molecular weight is 700 g/mol. The fourth-order valence-corrected chi connectivity index (χ4v) is 9.88. The van der Waals surface area contributed by atoms with E-state index < -0.39 is 0 Å². The first-order valence-corrected chi connectivity index (χ1v) is 19.3. The second-order valence-corrected chi connectivity index (χ2v) is 15.2. The largest absolute Gasteiger partial charge is 0.115 e. The highest BCUT2D eigenvalue weighted by atomic mass is 14.3. The highest BCUT2D eigenvalue weighted by Gasteiger charge is 2.27. The highest BCUT2D eigenvalue weighted by molar-refractivity contribution is 6.51. The predicted octanol–water partition coefficient (Wildman–Crippen LogP) is 12.9. The SMILES string of the molecule is [B]c1c(-c2ccc3ccc4cccc5ccc2c3c45)c([B])c(-c2ccc3ccc4cccc5ccc2c3c45)c(-c2ccccc2)c1-c1cccc2ccccc12. The summed E-state index contributed by atoms with van der Waals surface area (Å²) in [6, 6.07) is 65.9. The third kappa shape index (κ3) is 4.33. The van der Waals surface area contributed by atoms with Crippen LogP contribution in [-0.2, 0) is 0 Å². The molecular formula is C54H30B2. The topological polar surface area (TPSA) is 0 Å². The molecule has 0 heterocycles. The second kappa shape index (κ2) is 11.8. The Bertz CT molecular complexity index is 3510. The van der Waals surface area contributed by atoms with Gasteiger partial charge in [0.15, 0.2) is 0 Å². The Kier molecular flexibility index (Phi) is 6.63. The van der Waals surface area contributed by atoms with E-state index in [9.17, 15) is 0 Å². The fourth-order valence-electron chi connectivity index (χ4n) is 9.88. The molecule has 0 unspecified atom stereocenters. The molecule has 0 saturated heterocycles. The van der Waals surface area contributed by atoms with Crippen LogP contribution in [0.5, 0.6) is 0 Å². The van der Waals surface area contributed by atoms with Crippen molar-refractivity contribution in [3.8, 4) is 44.5 Å². The van der Waals surface area contributed by atoms with Crippen molar-refractivity contribution < 1.29 is 0 Å². The lowest BCUT2D eigenvalue weighted by Crippen LogP contribution is -2.26. The van der Waals surface area contributed by atoms with Gasteiger partial charge in [-0.3, -0.25) is 0 Å². The van der Waals surface area contributed by atoms with Crippen molar-refractivity contribution in [3.63, 3.8) is 0 Å². The third-order valence-electron chi connectivity index (χ3n) is 12.3. The Balaban J connectivity index is 1.30. The number of rotatable bonds is 4. The van der Waals surface area contributed by atoms with Gasteiger partial charge in [-0.05, 0) is 120 Å². The summed E-state index contributed by atoms with van der Waals surface area (Å²) >= 11 is 0. The quantitative estimate of drug-likeness (QED) is 0.127. The third-order valence-corrected chi connectivity index (χ3v) is 12.3. The van der Waals surface area contributed by atoms with Gasteiger partial charge in [0.2, 0.25) is 0 Å². The van der Waals surface area contributed by atoms with E-state index in [1.165, 1.54) is 59.2 Å². The Morgan fingerprint density at radius 1 is 0.232 bits per heavy atom. The molecule has 0 atom stereocenters. The molecular weight excluding hydrogens is 670 g/mol. The summed E-state index contributed by atoms with van der Waals surface area (Å²) in [7, 11) is 15.6. The second-order valence-electron chi connectivity index (χ2n) is 15.2. The zero-order valence-electron chi connectivity index (χ0n) is 30.5. The van der Waals surface area contributed by atoms with Crippen LogP contribution >= 0.6 is 0 Å². The van der Waals surface area contributed by atoms with Gasteiger partial charge in [-0.15, -0.1) is 0 Å². The maximum Gasteiger partial charge on any atom is 0.115 e. The first-order valence-electron chi connectivity index (χ1n) is 19.3. The van der Waals surface area contributed by atoms with Crippen molar-refractivity contribution in [2.45, 2.75) is 0 Å². The molecule has 0 spiro atoms. The van der Waals surface area contributed by atoms with Gasteiger partial charge >= 0.3 is 0 Å². The lowest BCUT2D eigenvalue weighted by molar-refractivity contribution is 1.61. The number of fused-ring (bicyclic) bond motifs is 1.